The van der Waals surface area contributed by atoms with Crippen LogP contribution in [0.5, 0.6) is 0 Å². The Morgan fingerprint density at radius 3 is 2.53 bits per heavy atom. The van der Waals surface area contributed by atoms with Crippen LogP contribution in [-0.4, -0.2) is 5.78 Å². The molecule has 0 saturated heterocycles. The second-order valence-corrected chi connectivity index (χ2v) is 5.66. The lowest BCUT2D eigenvalue weighted by atomic mass is 10.1. The van der Waals surface area contributed by atoms with Crippen molar-refractivity contribution in [3.05, 3.63) is 42.7 Å². The molecule has 0 saturated carbocycles. The van der Waals surface area contributed by atoms with E-state index in [0.717, 1.165) is 11.1 Å². The van der Waals surface area contributed by atoms with E-state index in [-0.39, 0.29) is 5.78 Å². The van der Waals surface area contributed by atoms with Crippen molar-refractivity contribution in [3.63, 3.8) is 0 Å². The van der Waals surface area contributed by atoms with Gasteiger partial charge in [0.1, 0.15) is 0 Å². The van der Waals surface area contributed by atoms with Crippen LogP contribution in [0.25, 0.3) is 0 Å². The Kier molecular flexibility index (Phi) is 2.96. The van der Waals surface area contributed by atoms with Crippen LogP contribution in [0.4, 0.5) is 0 Å². The molecule has 0 N–H and O–H groups in total. The van der Waals surface area contributed by atoms with Crippen molar-refractivity contribution < 1.29 is 4.79 Å². The average Bonchev–Trinajstić information content (AvgIpc) is 2.75. The van der Waals surface area contributed by atoms with Crippen molar-refractivity contribution >= 4 is 40.1 Å². The van der Waals surface area contributed by atoms with Crippen molar-refractivity contribution in [2.24, 2.45) is 0 Å². The molecule has 2 aromatic heterocycles. The molecule has 0 aromatic carbocycles. The summed E-state index contributed by atoms with van der Waals surface area (Å²) in [7, 11) is 0. The smallest absolute Gasteiger partial charge is 0.205 e. The average molecular weight is 257 g/mol. The minimum absolute atomic E-state index is 0.0388. The second-order valence-electron chi connectivity index (χ2n) is 3.26. The van der Waals surface area contributed by atoms with E-state index in [1.165, 1.54) is 16.2 Å². The lowest BCUT2D eigenvalue weighted by Crippen LogP contribution is -1.99. The van der Waals surface area contributed by atoms with Crippen molar-refractivity contribution in [1.82, 2.24) is 0 Å². The summed E-state index contributed by atoms with van der Waals surface area (Å²) in [6.45, 7) is 3.99. The Bertz CT molecular complexity index is 510. The predicted octanol–water partition coefficient (Wildman–Crippen LogP) is 4.31. The van der Waals surface area contributed by atoms with Gasteiger partial charge in [0, 0.05) is 15.8 Å². The monoisotopic (exact) mass is 256 g/mol. The molecule has 4 heteroatoms. The van der Waals surface area contributed by atoms with Crippen LogP contribution in [0.1, 0.15) is 25.7 Å². The van der Waals surface area contributed by atoms with Gasteiger partial charge in [-0.05, 0) is 30.9 Å². The topological polar surface area (TPSA) is 17.1 Å². The zero-order valence-corrected chi connectivity index (χ0v) is 10.7. The SMILES string of the molecule is Cc1scc(C(=O)c2sccc2Cl)c1C. The van der Waals surface area contributed by atoms with Gasteiger partial charge in [0.2, 0.25) is 5.78 Å². The van der Waals surface area contributed by atoms with Gasteiger partial charge in [0.05, 0.1) is 9.90 Å². The Morgan fingerprint density at radius 1 is 1.33 bits per heavy atom. The maximum absolute atomic E-state index is 12.1. The van der Waals surface area contributed by atoms with Crippen LogP contribution in [0.3, 0.4) is 0 Å². The van der Waals surface area contributed by atoms with E-state index in [0.29, 0.717) is 9.90 Å². The molecule has 1 nitrogen and oxygen atoms in total. The zero-order valence-electron chi connectivity index (χ0n) is 8.33. The first kappa shape index (κ1) is 10.9. The quantitative estimate of drug-likeness (QED) is 0.732. The molecule has 0 unspecified atom stereocenters. The Morgan fingerprint density at radius 2 is 2.07 bits per heavy atom. The molecule has 0 bridgehead atoms. The maximum Gasteiger partial charge on any atom is 0.205 e. The van der Waals surface area contributed by atoms with Gasteiger partial charge < -0.3 is 0 Å². The number of hydrogen-bond donors (Lipinski definition) is 0. The highest BCUT2D eigenvalue weighted by atomic mass is 35.5. The van der Waals surface area contributed by atoms with Crippen molar-refractivity contribution in [2.45, 2.75) is 13.8 Å². The van der Waals surface area contributed by atoms with Crippen molar-refractivity contribution in [2.75, 3.05) is 0 Å². The fourth-order valence-corrected chi connectivity index (χ4v) is 3.28. The normalized spacial score (nSPS) is 10.6. The van der Waals surface area contributed by atoms with Gasteiger partial charge in [-0.25, -0.2) is 0 Å². The molecule has 0 amide bonds. The van der Waals surface area contributed by atoms with Gasteiger partial charge in [0.25, 0.3) is 0 Å². The molecule has 0 aliphatic rings. The van der Waals surface area contributed by atoms with E-state index in [1.54, 1.807) is 17.4 Å². The minimum atomic E-state index is 0.0388. The summed E-state index contributed by atoms with van der Waals surface area (Å²) in [4.78, 5) is 13.9. The molecule has 0 atom stereocenters. The molecule has 78 valence electrons. The summed E-state index contributed by atoms with van der Waals surface area (Å²) < 4.78 is 0. The van der Waals surface area contributed by atoms with Crippen LogP contribution in [0.15, 0.2) is 16.8 Å². The first-order valence-electron chi connectivity index (χ1n) is 4.43. The number of ketones is 1. The van der Waals surface area contributed by atoms with E-state index < -0.39 is 0 Å². The third kappa shape index (κ3) is 1.87. The predicted molar refractivity (Wildman–Crippen MR) is 66.6 cm³/mol. The van der Waals surface area contributed by atoms with Crippen molar-refractivity contribution in [3.8, 4) is 0 Å². The lowest BCUT2D eigenvalue weighted by molar-refractivity contribution is 0.104. The molecule has 2 heterocycles. The van der Waals surface area contributed by atoms with Crippen LogP contribution in [0, 0.1) is 13.8 Å². The summed E-state index contributed by atoms with van der Waals surface area (Å²) in [5.41, 5.74) is 1.84. The molecule has 0 fully saturated rings. The van der Waals surface area contributed by atoms with Gasteiger partial charge >= 0.3 is 0 Å². The van der Waals surface area contributed by atoms with Gasteiger partial charge in [-0.15, -0.1) is 22.7 Å². The fourth-order valence-electron chi connectivity index (χ4n) is 1.32. The fraction of sp³-hybridized carbons (Fsp3) is 0.182. The van der Waals surface area contributed by atoms with E-state index in [2.05, 4.69) is 0 Å². The van der Waals surface area contributed by atoms with Gasteiger partial charge in [-0.2, -0.15) is 0 Å². The maximum atomic E-state index is 12.1. The number of hydrogen-bond acceptors (Lipinski definition) is 3. The first-order valence-corrected chi connectivity index (χ1v) is 6.57. The van der Waals surface area contributed by atoms with Gasteiger partial charge in [-0.1, -0.05) is 11.6 Å². The van der Waals surface area contributed by atoms with Gasteiger partial charge in [0.15, 0.2) is 0 Å². The number of halogens is 1. The number of rotatable bonds is 2. The third-order valence-electron chi connectivity index (χ3n) is 2.35. The molecule has 0 spiro atoms. The summed E-state index contributed by atoms with van der Waals surface area (Å²) in [6, 6.07) is 1.76. The molecule has 0 radical (unpaired) electrons. The van der Waals surface area contributed by atoms with E-state index in [9.17, 15) is 4.79 Å². The minimum Gasteiger partial charge on any atom is -0.288 e. The Hall–Kier alpha value is -0.640. The summed E-state index contributed by atoms with van der Waals surface area (Å²) in [5, 5.41) is 4.29. The summed E-state index contributed by atoms with van der Waals surface area (Å²) in [6.07, 6.45) is 0. The number of carbonyl (C=O) groups is 1. The highest BCUT2D eigenvalue weighted by molar-refractivity contribution is 7.13. The number of carbonyl (C=O) groups excluding carboxylic acids is 1. The lowest BCUT2D eigenvalue weighted by Gasteiger charge is -1.98. The molecule has 0 aliphatic carbocycles. The van der Waals surface area contributed by atoms with E-state index in [1.807, 2.05) is 24.6 Å². The summed E-state index contributed by atoms with van der Waals surface area (Å²) in [5.74, 6) is 0.0388. The number of aryl methyl sites for hydroxylation is 1. The molecular formula is C11H9ClOS2. The van der Waals surface area contributed by atoms with Crippen LogP contribution in [-0.2, 0) is 0 Å². The van der Waals surface area contributed by atoms with Crippen molar-refractivity contribution in [1.29, 1.82) is 0 Å². The highest BCUT2D eigenvalue weighted by Crippen LogP contribution is 2.29. The number of thiophene rings is 2. The van der Waals surface area contributed by atoms with Crippen LogP contribution < -0.4 is 0 Å². The largest absolute Gasteiger partial charge is 0.288 e. The molecule has 2 aromatic rings. The standard InChI is InChI=1S/C11H9ClOS2/c1-6-7(2)15-5-8(6)10(13)11-9(12)3-4-14-11/h3-5H,1-2H3. The van der Waals surface area contributed by atoms with Crippen LogP contribution in [0.2, 0.25) is 5.02 Å². The van der Waals surface area contributed by atoms with E-state index >= 15 is 0 Å². The third-order valence-corrected chi connectivity index (χ3v) is 4.71. The second kappa shape index (κ2) is 4.08. The van der Waals surface area contributed by atoms with E-state index in [4.69, 9.17) is 11.6 Å². The molecule has 0 aliphatic heterocycles. The Labute approximate surface area is 101 Å². The first-order chi connectivity index (χ1) is 7.11. The Balaban J connectivity index is 2.46. The van der Waals surface area contributed by atoms with Crippen LogP contribution >= 0.6 is 34.3 Å². The molecular weight excluding hydrogens is 248 g/mol. The zero-order chi connectivity index (χ0) is 11.0. The molecule has 2 rings (SSSR count). The van der Waals surface area contributed by atoms with Gasteiger partial charge in [-0.3, -0.25) is 4.79 Å². The summed E-state index contributed by atoms with van der Waals surface area (Å²) >= 11 is 8.93. The highest BCUT2D eigenvalue weighted by Gasteiger charge is 2.18. The molecule has 15 heavy (non-hydrogen) atoms.